The van der Waals surface area contributed by atoms with Gasteiger partial charge in [0, 0.05) is 13.5 Å². The number of carbonyl (C=O) groups excluding carboxylic acids is 2. The molecule has 0 spiro atoms. The number of anilines is 1. The quantitative estimate of drug-likeness (QED) is 0.700. The predicted molar refractivity (Wildman–Crippen MR) is 102 cm³/mol. The lowest BCUT2D eigenvalue weighted by atomic mass is 10.1. The van der Waals surface area contributed by atoms with Gasteiger partial charge in [0.2, 0.25) is 11.8 Å². The number of nitrogens with one attached hydrogen (secondary N) is 2. The third-order valence-corrected chi connectivity index (χ3v) is 4.68. The summed E-state index contributed by atoms with van der Waals surface area (Å²) in [6.07, 6.45) is 0.291. The number of aromatic nitrogens is 1. The normalized spacial score (nSPS) is 10.5. The molecule has 0 saturated carbocycles. The van der Waals surface area contributed by atoms with Crippen LogP contribution in [0.4, 0.5) is 5.13 Å². The van der Waals surface area contributed by atoms with Crippen LogP contribution in [-0.4, -0.2) is 23.9 Å². The molecule has 134 valence electrons. The van der Waals surface area contributed by atoms with Crippen molar-refractivity contribution in [2.75, 3.05) is 12.4 Å². The number of thiazole rings is 1. The van der Waals surface area contributed by atoms with Gasteiger partial charge in [-0.05, 0) is 35.4 Å². The standard InChI is InChI=1S/C19H19N3O3S/c1-12(23)21-19-22-16-8-5-14(9-17(16)26-19)10-18(24)20-11-13-3-6-15(25-2)7-4-13/h3-9H,10-11H2,1-2H3,(H,20,24)(H,21,22,23). The molecule has 7 heteroatoms. The van der Waals surface area contributed by atoms with Gasteiger partial charge in [0.25, 0.3) is 0 Å². The number of hydrogen-bond acceptors (Lipinski definition) is 5. The zero-order valence-electron chi connectivity index (χ0n) is 14.5. The molecular formula is C19H19N3O3S. The fourth-order valence-corrected chi connectivity index (χ4v) is 3.45. The maximum Gasteiger partial charge on any atom is 0.224 e. The zero-order chi connectivity index (χ0) is 18.5. The van der Waals surface area contributed by atoms with E-state index in [9.17, 15) is 9.59 Å². The van der Waals surface area contributed by atoms with Crippen molar-refractivity contribution in [2.24, 2.45) is 0 Å². The van der Waals surface area contributed by atoms with E-state index in [1.165, 1.54) is 18.3 Å². The van der Waals surface area contributed by atoms with Gasteiger partial charge in [-0.2, -0.15) is 0 Å². The Kier molecular flexibility index (Phi) is 5.48. The number of nitrogens with zero attached hydrogens (tertiary/aromatic N) is 1. The van der Waals surface area contributed by atoms with Gasteiger partial charge >= 0.3 is 0 Å². The average Bonchev–Trinajstić information content (AvgIpc) is 3.01. The van der Waals surface area contributed by atoms with E-state index >= 15 is 0 Å². The van der Waals surface area contributed by atoms with E-state index < -0.39 is 0 Å². The summed E-state index contributed by atoms with van der Waals surface area (Å²) < 4.78 is 6.06. The van der Waals surface area contributed by atoms with Crippen molar-refractivity contribution in [1.29, 1.82) is 0 Å². The number of amides is 2. The van der Waals surface area contributed by atoms with E-state index in [-0.39, 0.29) is 11.8 Å². The van der Waals surface area contributed by atoms with Crippen LogP contribution in [0.3, 0.4) is 0 Å². The van der Waals surface area contributed by atoms with Gasteiger partial charge in [-0.15, -0.1) is 0 Å². The van der Waals surface area contributed by atoms with E-state index in [0.717, 1.165) is 27.1 Å². The molecule has 1 heterocycles. The minimum Gasteiger partial charge on any atom is -0.497 e. The summed E-state index contributed by atoms with van der Waals surface area (Å²) in [6.45, 7) is 1.92. The van der Waals surface area contributed by atoms with Crippen LogP contribution in [-0.2, 0) is 22.6 Å². The summed E-state index contributed by atoms with van der Waals surface area (Å²) in [5.41, 5.74) is 2.72. The zero-order valence-corrected chi connectivity index (χ0v) is 15.4. The largest absolute Gasteiger partial charge is 0.497 e. The van der Waals surface area contributed by atoms with Crippen LogP contribution in [0.15, 0.2) is 42.5 Å². The molecule has 2 N–H and O–H groups in total. The number of benzene rings is 2. The molecule has 0 aliphatic carbocycles. The lowest BCUT2D eigenvalue weighted by Crippen LogP contribution is -2.24. The van der Waals surface area contributed by atoms with Crippen molar-refractivity contribution < 1.29 is 14.3 Å². The fraction of sp³-hybridized carbons (Fsp3) is 0.211. The average molecular weight is 369 g/mol. The second-order valence-electron chi connectivity index (χ2n) is 5.80. The Labute approximate surface area is 155 Å². The van der Waals surface area contributed by atoms with Crippen LogP contribution in [0.2, 0.25) is 0 Å². The predicted octanol–water partition coefficient (Wildman–Crippen LogP) is 3.12. The summed E-state index contributed by atoms with van der Waals surface area (Å²) in [5.74, 6) is 0.588. The van der Waals surface area contributed by atoms with Crippen molar-refractivity contribution in [3.8, 4) is 5.75 Å². The number of rotatable bonds is 6. The third-order valence-electron chi connectivity index (χ3n) is 3.75. The van der Waals surface area contributed by atoms with Gasteiger partial charge in [-0.1, -0.05) is 29.5 Å². The highest BCUT2D eigenvalue weighted by molar-refractivity contribution is 7.22. The molecule has 0 unspecified atom stereocenters. The van der Waals surface area contributed by atoms with Crippen molar-refractivity contribution in [3.05, 3.63) is 53.6 Å². The Bertz CT molecular complexity index is 935. The Morgan fingerprint density at radius 3 is 2.54 bits per heavy atom. The first-order valence-electron chi connectivity index (χ1n) is 8.10. The smallest absolute Gasteiger partial charge is 0.224 e. The van der Waals surface area contributed by atoms with E-state index in [1.807, 2.05) is 42.5 Å². The number of methoxy groups -OCH3 is 1. The maximum absolute atomic E-state index is 12.2. The van der Waals surface area contributed by atoms with Crippen molar-refractivity contribution in [3.63, 3.8) is 0 Å². The van der Waals surface area contributed by atoms with Gasteiger partial charge in [0.05, 0.1) is 23.7 Å². The molecule has 0 bridgehead atoms. The van der Waals surface area contributed by atoms with Crippen molar-refractivity contribution >= 4 is 38.5 Å². The molecule has 6 nitrogen and oxygen atoms in total. The van der Waals surface area contributed by atoms with Crippen LogP contribution < -0.4 is 15.4 Å². The van der Waals surface area contributed by atoms with Gasteiger partial charge in [-0.3, -0.25) is 9.59 Å². The summed E-state index contributed by atoms with van der Waals surface area (Å²) in [5, 5.41) is 6.16. The summed E-state index contributed by atoms with van der Waals surface area (Å²) in [4.78, 5) is 27.7. The lowest BCUT2D eigenvalue weighted by molar-refractivity contribution is -0.120. The minimum atomic E-state index is -0.151. The molecule has 0 fully saturated rings. The molecule has 26 heavy (non-hydrogen) atoms. The Morgan fingerprint density at radius 1 is 1.12 bits per heavy atom. The number of hydrogen-bond donors (Lipinski definition) is 2. The van der Waals surface area contributed by atoms with Crippen LogP contribution in [0.5, 0.6) is 5.75 Å². The summed E-state index contributed by atoms with van der Waals surface area (Å²) in [7, 11) is 1.62. The Morgan fingerprint density at radius 2 is 1.85 bits per heavy atom. The van der Waals surface area contributed by atoms with Crippen LogP contribution in [0.1, 0.15) is 18.1 Å². The molecule has 3 rings (SSSR count). The lowest BCUT2D eigenvalue weighted by Gasteiger charge is -2.06. The molecule has 0 radical (unpaired) electrons. The molecule has 1 aromatic heterocycles. The van der Waals surface area contributed by atoms with E-state index in [4.69, 9.17) is 4.74 Å². The SMILES string of the molecule is COc1ccc(CNC(=O)Cc2ccc3nc(NC(C)=O)sc3c2)cc1. The summed E-state index contributed by atoms with van der Waals surface area (Å²) in [6, 6.07) is 13.3. The number of fused-ring (bicyclic) bond motifs is 1. The van der Waals surface area contributed by atoms with Gasteiger partial charge in [0.1, 0.15) is 5.75 Å². The number of carbonyl (C=O) groups is 2. The Balaban J connectivity index is 1.60. The molecule has 0 atom stereocenters. The third kappa shape index (κ3) is 4.58. The van der Waals surface area contributed by atoms with E-state index in [2.05, 4.69) is 15.6 Å². The van der Waals surface area contributed by atoms with E-state index in [1.54, 1.807) is 7.11 Å². The maximum atomic E-state index is 12.2. The molecule has 0 aliphatic rings. The highest BCUT2D eigenvalue weighted by Gasteiger charge is 2.08. The minimum absolute atomic E-state index is 0.0493. The highest BCUT2D eigenvalue weighted by Crippen LogP contribution is 2.27. The van der Waals surface area contributed by atoms with Crippen LogP contribution >= 0.6 is 11.3 Å². The second-order valence-corrected chi connectivity index (χ2v) is 6.83. The van der Waals surface area contributed by atoms with E-state index in [0.29, 0.717) is 18.1 Å². The first-order chi connectivity index (χ1) is 12.5. The van der Waals surface area contributed by atoms with Crippen molar-refractivity contribution in [2.45, 2.75) is 19.9 Å². The topological polar surface area (TPSA) is 80.3 Å². The summed E-state index contributed by atoms with van der Waals surface area (Å²) >= 11 is 1.39. The highest BCUT2D eigenvalue weighted by atomic mass is 32.1. The molecular weight excluding hydrogens is 350 g/mol. The molecule has 0 saturated heterocycles. The molecule has 2 aromatic carbocycles. The monoisotopic (exact) mass is 369 g/mol. The van der Waals surface area contributed by atoms with Gasteiger partial charge in [0.15, 0.2) is 5.13 Å². The fourth-order valence-electron chi connectivity index (χ4n) is 2.47. The second kappa shape index (κ2) is 7.97. The van der Waals surface area contributed by atoms with Gasteiger partial charge in [-0.25, -0.2) is 4.98 Å². The first-order valence-corrected chi connectivity index (χ1v) is 8.92. The number of ether oxygens (including phenoxy) is 1. The van der Waals surface area contributed by atoms with Crippen molar-refractivity contribution in [1.82, 2.24) is 10.3 Å². The van der Waals surface area contributed by atoms with Gasteiger partial charge < -0.3 is 15.4 Å². The first kappa shape index (κ1) is 17.9. The molecule has 0 aliphatic heterocycles. The van der Waals surface area contributed by atoms with Crippen LogP contribution in [0, 0.1) is 0 Å². The van der Waals surface area contributed by atoms with Crippen LogP contribution in [0.25, 0.3) is 10.2 Å². The molecule has 3 aromatic rings. The molecule has 2 amide bonds. The Hall–Kier alpha value is -2.93.